The van der Waals surface area contributed by atoms with E-state index in [0.29, 0.717) is 0 Å². The number of hydrogen-bond acceptors (Lipinski definition) is 6. The summed E-state index contributed by atoms with van der Waals surface area (Å²) < 4.78 is 0. The molecule has 1 unspecified atom stereocenters. The summed E-state index contributed by atoms with van der Waals surface area (Å²) in [6, 6.07) is -0.934. The highest BCUT2D eigenvalue weighted by Crippen LogP contribution is 2.30. The Morgan fingerprint density at radius 2 is 2.05 bits per heavy atom. The van der Waals surface area contributed by atoms with E-state index in [9.17, 15) is 19.2 Å². The Labute approximate surface area is 132 Å². The highest BCUT2D eigenvalue weighted by Gasteiger charge is 2.44. The number of nitrogens with one attached hydrogen (secondary N) is 1. The van der Waals surface area contributed by atoms with Crippen molar-refractivity contribution in [1.29, 1.82) is 0 Å². The van der Waals surface area contributed by atoms with Gasteiger partial charge in [0, 0.05) is 17.7 Å². The maximum atomic E-state index is 12.2. The SMILES string of the molecule is CC(C)(C)N1C(=O)CC(SC[C@H](N)C(=O)NCC(=O)O)C1=O. The van der Waals surface area contributed by atoms with Crippen LogP contribution in [0.5, 0.6) is 0 Å². The lowest BCUT2D eigenvalue weighted by molar-refractivity contribution is -0.143. The summed E-state index contributed by atoms with van der Waals surface area (Å²) in [6.07, 6.45) is 0.0875. The minimum atomic E-state index is -1.16. The van der Waals surface area contributed by atoms with Crippen molar-refractivity contribution in [2.24, 2.45) is 5.73 Å². The number of thioether (sulfide) groups is 1. The molecule has 8 nitrogen and oxygen atoms in total. The van der Waals surface area contributed by atoms with Gasteiger partial charge in [-0.3, -0.25) is 24.1 Å². The molecule has 1 aliphatic rings. The summed E-state index contributed by atoms with van der Waals surface area (Å²) in [5.41, 5.74) is 5.07. The summed E-state index contributed by atoms with van der Waals surface area (Å²) in [5, 5.41) is 10.1. The molecular formula is C13H21N3O5S. The van der Waals surface area contributed by atoms with Crippen molar-refractivity contribution in [3.05, 3.63) is 0 Å². The van der Waals surface area contributed by atoms with Gasteiger partial charge in [0.25, 0.3) is 0 Å². The molecule has 0 spiro atoms. The molecule has 124 valence electrons. The highest BCUT2D eigenvalue weighted by molar-refractivity contribution is 8.00. The predicted octanol–water partition coefficient (Wildman–Crippen LogP) is -0.826. The summed E-state index contributed by atoms with van der Waals surface area (Å²) in [4.78, 5) is 47.3. The number of nitrogens with zero attached hydrogens (tertiary/aromatic N) is 1. The van der Waals surface area contributed by atoms with Crippen molar-refractivity contribution in [2.75, 3.05) is 12.3 Å². The Morgan fingerprint density at radius 1 is 1.45 bits per heavy atom. The molecule has 2 atom stereocenters. The van der Waals surface area contributed by atoms with Crippen LogP contribution in [0.1, 0.15) is 27.2 Å². The number of carboxylic acid groups (broad SMARTS) is 1. The van der Waals surface area contributed by atoms with Gasteiger partial charge in [-0.2, -0.15) is 0 Å². The number of nitrogens with two attached hydrogens (primary N) is 1. The molecule has 0 saturated carbocycles. The number of carboxylic acids is 1. The van der Waals surface area contributed by atoms with Crippen LogP contribution in [0.15, 0.2) is 0 Å². The standard InChI is InChI=1S/C13H21N3O5S/c1-13(2,3)16-9(17)4-8(12(16)21)22-6-7(14)11(20)15-5-10(18)19/h7-8H,4-6,14H2,1-3H3,(H,15,20)(H,18,19)/t7-,8?/m0/s1. The molecule has 1 heterocycles. The van der Waals surface area contributed by atoms with Crippen molar-refractivity contribution in [2.45, 2.75) is 44.0 Å². The third-order valence-electron chi connectivity index (χ3n) is 3.00. The lowest BCUT2D eigenvalue weighted by Crippen LogP contribution is -2.46. The minimum Gasteiger partial charge on any atom is -0.480 e. The number of aliphatic carboxylic acids is 1. The van der Waals surface area contributed by atoms with E-state index in [0.717, 1.165) is 11.8 Å². The highest BCUT2D eigenvalue weighted by atomic mass is 32.2. The molecule has 3 amide bonds. The van der Waals surface area contributed by atoms with Gasteiger partial charge in [-0.1, -0.05) is 0 Å². The molecule has 0 aliphatic carbocycles. The number of imide groups is 1. The molecule has 0 bridgehead atoms. The zero-order valence-electron chi connectivity index (χ0n) is 12.8. The monoisotopic (exact) mass is 331 g/mol. The van der Waals surface area contributed by atoms with Crippen molar-refractivity contribution < 1.29 is 24.3 Å². The van der Waals surface area contributed by atoms with Crippen LogP contribution in [0.4, 0.5) is 0 Å². The Morgan fingerprint density at radius 3 is 2.50 bits per heavy atom. The van der Waals surface area contributed by atoms with Crippen molar-refractivity contribution in [3.63, 3.8) is 0 Å². The van der Waals surface area contributed by atoms with Crippen LogP contribution < -0.4 is 11.1 Å². The third-order valence-corrected chi connectivity index (χ3v) is 4.33. The first-order valence-electron chi connectivity index (χ1n) is 6.77. The fourth-order valence-electron chi connectivity index (χ4n) is 2.03. The van der Waals surface area contributed by atoms with Gasteiger partial charge >= 0.3 is 5.97 Å². The second-order valence-electron chi connectivity index (χ2n) is 5.98. The summed E-state index contributed by atoms with van der Waals surface area (Å²) in [5.74, 6) is -2.14. The lowest BCUT2D eigenvalue weighted by atomic mass is 10.1. The van der Waals surface area contributed by atoms with Gasteiger partial charge in [-0.15, -0.1) is 11.8 Å². The summed E-state index contributed by atoms with van der Waals surface area (Å²) in [6.45, 7) is 4.83. The predicted molar refractivity (Wildman–Crippen MR) is 81.1 cm³/mol. The van der Waals surface area contributed by atoms with Gasteiger partial charge in [0.2, 0.25) is 17.7 Å². The Hall–Kier alpha value is -1.61. The van der Waals surface area contributed by atoms with E-state index < -0.39 is 35.3 Å². The van der Waals surface area contributed by atoms with Crippen LogP contribution in [0, 0.1) is 0 Å². The maximum Gasteiger partial charge on any atom is 0.322 e. The smallest absolute Gasteiger partial charge is 0.322 e. The van der Waals surface area contributed by atoms with Crippen LogP contribution in [0.25, 0.3) is 0 Å². The topological polar surface area (TPSA) is 130 Å². The number of rotatable bonds is 6. The largest absolute Gasteiger partial charge is 0.480 e. The zero-order valence-corrected chi connectivity index (χ0v) is 13.6. The van der Waals surface area contributed by atoms with E-state index in [1.165, 1.54) is 4.90 Å². The van der Waals surface area contributed by atoms with E-state index in [4.69, 9.17) is 10.8 Å². The molecule has 0 radical (unpaired) electrons. The normalized spacial score (nSPS) is 20.2. The molecule has 22 heavy (non-hydrogen) atoms. The molecule has 0 aromatic rings. The van der Waals surface area contributed by atoms with E-state index in [1.807, 2.05) is 0 Å². The molecule has 1 rings (SSSR count). The van der Waals surface area contributed by atoms with Crippen LogP contribution in [-0.2, 0) is 19.2 Å². The van der Waals surface area contributed by atoms with E-state index in [1.54, 1.807) is 20.8 Å². The van der Waals surface area contributed by atoms with Crippen LogP contribution in [-0.4, -0.2) is 62.8 Å². The Bertz CT molecular complexity index is 489. The van der Waals surface area contributed by atoms with Crippen LogP contribution >= 0.6 is 11.8 Å². The first kappa shape index (κ1) is 18.4. The first-order valence-corrected chi connectivity index (χ1v) is 7.82. The quantitative estimate of drug-likeness (QED) is 0.542. The summed E-state index contributed by atoms with van der Waals surface area (Å²) in [7, 11) is 0. The second-order valence-corrected chi connectivity index (χ2v) is 7.22. The fourth-order valence-corrected chi connectivity index (χ4v) is 3.13. The van der Waals surface area contributed by atoms with Gasteiger partial charge in [-0.25, -0.2) is 0 Å². The second kappa shape index (κ2) is 7.10. The third kappa shape index (κ3) is 4.70. The van der Waals surface area contributed by atoms with E-state index in [-0.39, 0.29) is 24.0 Å². The van der Waals surface area contributed by atoms with E-state index in [2.05, 4.69) is 5.32 Å². The average Bonchev–Trinajstić information content (AvgIpc) is 2.67. The maximum absolute atomic E-state index is 12.2. The molecule has 1 aliphatic heterocycles. The van der Waals surface area contributed by atoms with Crippen molar-refractivity contribution in [3.8, 4) is 0 Å². The number of hydrogen-bond donors (Lipinski definition) is 3. The molecule has 0 aromatic carbocycles. The van der Waals surface area contributed by atoms with Gasteiger partial charge in [-0.05, 0) is 20.8 Å². The molecule has 9 heteroatoms. The average molecular weight is 331 g/mol. The van der Waals surface area contributed by atoms with Gasteiger partial charge in [0.05, 0.1) is 11.3 Å². The van der Waals surface area contributed by atoms with Crippen LogP contribution in [0.2, 0.25) is 0 Å². The van der Waals surface area contributed by atoms with Gasteiger partial charge < -0.3 is 16.2 Å². The van der Waals surface area contributed by atoms with Crippen LogP contribution in [0.3, 0.4) is 0 Å². The first-order chi connectivity index (χ1) is 10.0. The summed E-state index contributed by atoms with van der Waals surface area (Å²) >= 11 is 1.14. The Kier molecular flexibility index (Phi) is 5.95. The van der Waals surface area contributed by atoms with E-state index >= 15 is 0 Å². The number of amides is 3. The lowest BCUT2D eigenvalue weighted by Gasteiger charge is -2.30. The fraction of sp³-hybridized carbons (Fsp3) is 0.692. The van der Waals surface area contributed by atoms with Crippen molar-refractivity contribution in [1.82, 2.24) is 10.2 Å². The number of likely N-dealkylation sites (tertiary alicyclic amines) is 1. The molecule has 4 N–H and O–H groups in total. The number of carbonyl (C=O) groups excluding carboxylic acids is 3. The molecule has 1 saturated heterocycles. The molecular weight excluding hydrogens is 310 g/mol. The molecule has 1 fully saturated rings. The molecule has 0 aromatic heterocycles. The Balaban J connectivity index is 2.52. The minimum absolute atomic E-state index is 0.0875. The number of carbonyl (C=O) groups is 4. The zero-order chi connectivity index (χ0) is 17.1. The van der Waals surface area contributed by atoms with Crippen molar-refractivity contribution >= 4 is 35.5 Å². The van der Waals surface area contributed by atoms with Gasteiger partial charge in [0.15, 0.2) is 0 Å². The van der Waals surface area contributed by atoms with Gasteiger partial charge in [0.1, 0.15) is 6.54 Å².